The molecule has 0 aliphatic carbocycles. The summed E-state index contributed by atoms with van der Waals surface area (Å²) >= 11 is 0. The fourth-order valence-electron chi connectivity index (χ4n) is 11.1. The third-order valence-corrected chi connectivity index (χ3v) is 17.1. The van der Waals surface area contributed by atoms with Gasteiger partial charge in [0.15, 0.2) is 0 Å². The number of primary amides is 1. The van der Waals surface area contributed by atoms with Crippen LogP contribution in [-0.4, -0.2) is 197 Å². The zero-order valence-electron chi connectivity index (χ0n) is 58.6. The normalized spacial score (nSPS) is 15.1. The highest BCUT2D eigenvalue weighted by Gasteiger charge is 2.43. The molecule has 6 aromatic rings. The van der Waals surface area contributed by atoms with Crippen molar-refractivity contribution in [2.45, 2.75) is 158 Å². The number of aliphatic hydroxyl groups excluding tert-OH is 3. The minimum atomic E-state index is -2.18. The summed E-state index contributed by atoms with van der Waals surface area (Å²) in [7, 11) is 0. The molecule has 0 saturated carbocycles. The van der Waals surface area contributed by atoms with E-state index in [1.165, 1.54) is 33.3 Å². The number of H-pyrrole nitrogens is 1. The van der Waals surface area contributed by atoms with Gasteiger partial charge in [0.25, 0.3) is 0 Å². The standard InChI is InChI=1S/C73H90N14O18/c1-7-46-18-14-15-21-51(46)49-28-22-43(23-29-49)30-53(67(101)86-72(5,70(75)104)34-45-24-26-48(27-25-45)47-19-12-9-13-20-47)81-65(99)55(33-59(94)95)82-66(100)56(38-88)83-68(102)60(41(3)89)85-71(105)73(6,35-44-16-10-8-11-17-44)87-69(103)61(42(4)90)84-57(91)37-77-64(98)54(32-58(92)93)80-62(96)40(2)79-63(97)52(74)31-50-36-76-39-78-50/h8-29,36,39-42,52-56,60-61,88-90H,7,30-35,37-38,74H2,1-6H3,(H2,75,104)(H,76,78)(H,77,98)(H,79,97)(H,80,96)(H,81,99)(H,82,100)(H,83,102)(H,84,91)(H,85,105)(H,86,101)(H,87,103)(H,92,93)(H,94,95)/t40-,41+,42+,52-,53-,54-,55-,56-,60-,61-,72?,73-/m0/s1. The Bertz CT molecular complexity index is 4030. The van der Waals surface area contributed by atoms with Gasteiger partial charge >= 0.3 is 11.9 Å². The fraction of sp³-hybridized carbons (Fsp3) is 0.370. The van der Waals surface area contributed by atoms with E-state index in [1.54, 1.807) is 54.6 Å². The molecule has 0 radical (unpaired) electrons. The lowest BCUT2D eigenvalue weighted by atomic mass is 9.90. The molecule has 1 heterocycles. The maximum atomic E-state index is 14.7. The molecule has 105 heavy (non-hydrogen) atoms. The maximum Gasteiger partial charge on any atom is 0.305 e. The van der Waals surface area contributed by atoms with Gasteiger partial charge in [0.1, 0.15) is 53.4 Å². The number of aromatic amines is 1. The molecule has 0 aliphatic heterocycles. The van der Waals surface area contributed by atoms with Gasteiger partial charge < -0.3 is 95.2 Å². The summed E-state index contributed by atoms with van der Waals surface area (Å²) in [5.74, 6) is -15.6. The number of rotatable bonds is 39. The Morgan fingerprint density at radius 2 is 1.00 bits per heavy atom. The minimum Gasteiger partial charge on any atom is -0.481 e. The van der Waals surface area contributed by atoms with Crippen LogP contribution in [0.3, 0.4) is 0 Å². The number of aromatic nitrogens is 2. The molecule has 11 amide bonds. The van der Waals surface area contributed by atoms with Crippen molar-refractivity contribution in [3.8, 4) is 22.3 Å². The largest absolute Gasteiger partial charge is 0.481 e. The predicted octanol–water partition coefficient (Wildman–Crippen LogP) is -1.63. The van der Waals surface area contributed by atoms with Crippen LogP contribution in [0.15, 0.2) is 146 Å². The van der Waals surface area contributed by atoms with E-state index >= 15 is 0 Å². The molecule has 5 aromatic carbocycles. The van der Waals surface area contributed by atoms with Gasteiger partial charge in [0.05, 0.1) is 50.6 Å². The first kappa shape index (κ1) is 82.2. The van der Waals surface area contributed by atoms with Gasteiger partial charge in [-0.25, -0.2) is 4.98 Å². The molecular weight excluding hydrogens is 1360 g/mol. The Kier molecular flexibility index (Phi) is 30.2. The van der Waals surface area contributed by atoms with Crippen molar-refractivity contribution in [2.24, 2.45) is 11.5 Å². The van der Waals surface area contributed by atoms with E-state index in [0.29, 0.717) is 22.4 Å². The number of hydrogen-bond acceptors (Lipinski definition) is 18. The zero-order valence-corrected chi connectivity index (χ0v) is 58.6. The third-order valence-electron chi connectivity index (χ3n) is 17.1. The SMILES string of the molecule is CCc1ccccc1-c1ccc(C[C@H](NC(=O)[C@H](CC(=O)O)NC(=O)[C@H](CO)NC(=O)[C@@H](NC(=O)[C@](C)(Cc2ccccc2)NC(=O)[C@@H](NC(=O)CNC(=O)[C@H](CC(=O)O)NC(=O)[C@H](C)NC(=O)[C@@H](N)Cc2cnc[nH]2)[C@@H](C)O)[C@@H](C)O)C(=O)NC(C)(Cc2ccc(-c3ccccc3)cc2)C(N)=O)cc1. The first-order chi connectivity index (χ1) is 49.7. The summed E-state index contributed by atoms with van der Waals surface area (Å²) in [4.78, 5) is 183. The summed E-state index contributed by atoms with van der Waals surface area (Å²) in [6.07, 6.45) is -2.94. The molecule has 560 valence electrons. The van der Waals surface area contributed by atoms with E-state index in [0.717, 1.165) is 48.1 Å². The van der Waals surface area contributed by atoms with Crippen molar-refractivity contribution in [1.29, 1.82) is 0 Å². The lowest BCUT2D eigenvalue weighted by Crippen LogP contribution is -2.67. The van der Waals surface area contributed by atoms with E-state index in [4.69, 9.17) is 11.5 Å². The lowest BCUT2D eigenvalue weighted by molar-refractivity contribution is -0.142. The van der Waals surface area contributed by atoms with Crippen LogP contribution in [0.1, 0.15) is 82.3 Å². The first-order valence-electron chi connectivity index (χ1n) is 33.6. The van der Waals surface area contributed by atoms with Crippen LogP contribution >= 0.6 is 0 Å². The molecule has 32 nitrogen and oxygen atoms in total. The number of carbonyl (C=O) groups excluding carboxylic acids is 11. The Morgan fingerprint density at radius 3 is 1.57 bits per heavy atom. The molecule has 1 unspecified atom stereocenters. The highest BCUT2D eigenvalue weighted by molar-refractivity contribution is 6.01. The molecule has 0 spiro atoms. The summed E-state index contributed by atoms with van der Waals surface area (Å²) in [5, 5.41) is 75.4. The topological polar surface area (TPSA) is 524 Å². The quantitative estimate of drug-likeness (QED) is 0.0206. The summed E-state index contributed by atoms with van der Waals surface area (Å²) in [6, 6.07) is 25.4. The van der Waals surface area contributed by atoms with Crippen molar-refractivity contribution < 1.29 is 87.9 Å². The number of carboxylic acid groups (broad SMARTS) is 2. The summed E-state index contributed by atoms with van der Waals surface area (Å²) in [5.41, 5.74) is 14.6. The molecule has 1 aromatic heterocycles. The van der Waals surface area contributed by atoms with Gasteiger partial charge in [0, 0.05) is 37.6 Å². The number of nitrogens with one attached hydrogen (secondary N) is 11. The monoisotopic (exact) mass is 1450 g/mol. The molecule has 0 bridgehead atoms. The van der Waals surface area contributed by atoms with E-state index in [1.807, 2.05) is 85.8 Å². The first-order valence-corrected chi connectivity index (χ1v) is 33.6. The number of hydrogen-bond donors (Lipinski definition) is 18. The minimum absolute atomic E-state index is 0.0202. The number of amides is 11. The van der Waals surface area contributed by atoms with Crippen molar-refractivity contribution in [1.82, 2.24) is 63.1 Å². The smallest absolute Gasteiger partial charge is 0.305 e. The van der Waals surface area contributed by atoms with Gasteiger partial charge in [-0.15, -0.1) is 0 Å². The van der Waals surface area contributed by atoms with Crippen LogP contribution in [-0.2, 0) is 94.4 Å². The Balaban J connectivity index is 1.15. The highest BCUT2D eigenvalue weighted by atomic mass is 16.4. The summed E-state index contributed by atoms with van der Waals surface area (Å²) < 4.78 is 0. The van der Waals surface area contributed by atoms with E-state index in [2.05, 4.69) is 63.1 Å². The predicted molar refractivity (Wildman–Crippen MR) is 380 cm³/mol. The third kappa shape index (κ3) is 24.5. The average Bonchev–Trinajstić information content (AvgIpc) is 1.10. The van der Waals surface area contributed by atoms with Crippen molar-refractivity contribution >= 4 is 76.9 Å². The van der Waals surface area contributed by atoms with Gasteiger partial charge in [0.2, 0.25) is 65.0 Å². The number of aliphatic hydroxyl groups is 3. The van der Waals surface area contributed by atoms with Gasteiger partial charge in [-0.05, 0) is 85.5 Å². The molecule has 0 aliphatic rings. The van der Waals surface area contributed by atoms with E-state index in [9.17, 15) is 87.9 Å². The van der Waals surface area contributed by atoms with E-state index < -0.39 is 175 Å². The van der Waals surface area contributed by atoms with Gasteiger partial charge in [-0.3, -0.25) is 62.3 Å². The lowest BCUT2D eigenvalue weighted by Gasteiger charge is -2.34. The number of aliphatic carboxylic acids is 2. The van der Waals surface area contributed by atoms with Gasteiger partial charge in [-0.2, -0.15) is 0 Å². The fourth-order valence-corrected chi connectivity index (χ4v) is 11.1. The van der Waals surface area contributed by atoms with Crippen LogP contribution in [0.4, 0.5) is 0 Å². The number of carbonyl (C=O) groups is 13. The second-order valence-electron chi connectivity index (χ2n) is 25.8. The van der Waals surface area contributed by atoms with Crippen LogP contribution in [0, 0.1) is 0 Å². The Labute approximate surface area is 604 Å². The molecule has 0 fully saturated rings. The molecule has 32 heteroatoms. The maximum absolute atomic E-state index is 14.7. The average molecular weight is 1450 g/mol. The van der Waals surface area contributed by atoms with Crippen LogP contribution in [0.2, 0.25) is 0 Å². The summed E-state index contributed by atoms with van der Waals surface area (Å²) in [6.45, 7) is 5.73. The van der Waals surface area contributed by atoms with Crippen molar-refractivity contribution in [2.75, 3.05) is 13.2 Å². The Morgan fingerprint density at radius 1 is 0.505 bits per heavy atom. The molecule has 12 atom stereocenters. The van der Waals surface area contributed by atoms with Crippen LogP contribution < -0.4 is 64.6 Å². The number of imidazole rings is 1. The molecule has 0 saturated heterocycles. The molecule has 6 rings (SSSR count). The zero-order chi connectivity index (χ0) is 77.3. The number of carboxylic acids is 2. The highest BCUT2D eigenvalue weighted by Crippen LogP contribution is 2.26. The second kappa shape index (κ2) is 38.5. The Hall–Kier alpha value is -11.7. The van der Waals surface area contributed by atoms with Crippen LogP contribution in [0.5, 0.6) is 0 Å². The van der Waals surface area contributed by atoms with Crippen molar-refractivity contribution in [3.05, 3.63) is 174 Å². The van der Waals surface area contributed by atoms with E-state index in [-0.39, 0.29) is 25.7 Å². The van der Waals surface area contributed by atoms with Crippen molar-refractivity contribution in [3.63, 3.8) is 0 Å². The number of benzene rings is 5. The van der Waals surface area contributed by atoms with Gasteiger partial charge in [-0.1, -0.05) is 140 Å². The molecular formula is C73H90N14O18. The second-order valence-corrected chi connectivity index (χ2v) is 25.8. The number of nitrogens with two attached hydrogens (primary N) is 2. The van der Waals surface area contributed by atoms with Crippen LogP contribution in [0.25, 0.3) is 22.3 Å². The molecule has 20 N–H and O–H groups in total. The number of nitrogens with zero attached hydrogens (tertiary/aromatic N) is 1. The number of aryl methyl sites for hydroxylation is 1.